The van der Waals surface area contributed by atoms with Crippen molar-refractivity contribution in [3.63, 3.8) is 0 Å². The molecule has 100 valence electrons. The van der Waals surface area contributed by atoms with Crippen molar-refractivity contribution < 1.29 is 9.72 Å². The van der Waals surface area contributed by atoms with E-state index in [2.05, 4.69) is 15.6 Å². The minimum absolute atomic E-state index is 0.0547. The van der Waals surface area contributed by atoms with Crippen LogP contribution in [0, 0.1) is 10.1 Å². The van der Waals surface area contributed by atoms with Crippen molar-refractivity contribution in [1.82, 2.24) is 10.3 Å². The van der Waals surface area contributed by atoms with Gasteiger partial charge in [0, 0.05) is 5.54 Å². The minimum Gasteiger partial charge on any atom is -0.350 e. The summed E-state index contributed by atoms with van der Waals surface area (Å²) in [5.74, 6) is -0.180. The van der Waals surface area contributed by atoms with Crippen molar-refractivity contribution in [3.05, 3.63) is 16.3 Å². The maximum atomic E-state index is 11.8. The predicted octanol–water partition coefficient (Wildman–Crippen LogP) is 1.77. The Labute approximate surface area is 109 Å². The molecule has 1 rings (SSSR count). The average molecular weight is 272 g/mol. The van der Waals surface area contributed by atoms with Gasteiger partial charge in [-0.05, 0) is 39.0 Å². The van der Waals surface area contributed by atoms with Gasteiger partial charge in [-0.1, -0.05) is 0 Å². The second kappa shape index (κ2) is 5.30. The van der Waals surface area contributed by atoms with Crippen molar-refractivity contribution in [1.29, 1.82) is 0 Å². The minimum atomic E-state index is -0.511. The fourth-order valence-corrected chi connectivity index (χ4v) is 1.86. The number of anilines is 1. The summed E-state index contributed by atoms with van der Waals surface area (Å²) in [5.41, 5.74) is -0.318. The van der Waals surface area contributed by atoms with Crippen molar-refractivity contribution in [2.24, 2.45) is 0 Å². The Bertz CT molecular complexity index is 452. The maximum absolute atomic E-state index is 11.8. The van der Waals surface area contributed by atoms with E-state index in [0.717, 1.165) is 11.3 Å². The van der Waals surface area contributed by atoms with E-state index in [1.54, 1.807) is 6.92 Å². The van der Waals surface area contributed by atoms with Crippen molar-refractivity contribution >= 4 is 27.4 Å². The van der Waals surface area contributed by atoms with Crippen molar-refractivity contribution in [3.8, 4) is 0 Å². The molecule has 0 radical (unpaired) electrons. The molecule has 0 spiro atoms. The highest BCUT2D eigenvalue weighted by Crippen LogP contribution is 2.25. The van der Waals surface area contributed by atoms with E-state index >= 15 is 0 Å². The van der Waals surface area contributed by atoms with Crippen LogP contribution in [0.1, 0.15) is 27.7 Å². The zero-order valence-corrected chi connectivity index (χ0v) is 11.5. The number of carbonyl (C=O) groups is 1. The van der Waals surface area contributed by atoms with Gasteiger partial charge < -0.3 is 10.6 Å². The van der Waals surface area contributed by atoms with Crippen LogP contribution < -0.4 is 10.6 Å². The predicted molar refractivity (Wildman–Crippen MR) is 69.7 cm³/mol. The maximum Gasteiger partial charge on any atom is 0.345 e. The summed E-state index contributed by atoms with van der Waals surface area (Å²) in [4.78, 5) is 25.6. The summed E-state index contributed by atoms with van der Waals surface area (Å²) in [6.07, 6.45) is 1.17. The number of nitrogens with one attached hydrogen (secondary N) is 2. The van der Waals surface area contributed by atoms with Crippen LogP contribution in [-0.4, -0.2) is 27.4 Å². The number of rotatable bonds is 4. The monoisotopic (exact) mass is 272 g/mol. The summed E-state index contributed by atoms with van der Waals surface area (Å²) >= 11 is 0.903. The summed E-state index contributed by atoms with van der Waals surface area (Å²) in [6.45, 7) is 7.32. The lowest BCUT2D eigenvalue weighted by molar-refractivity contribution is -0.380. The van der Waals surface area contributed by atoms with E-state index in [9.17, 15) is 14.9 Å². The molecular formula is C10H16N4O3S. The number of nitrogens with zero attached hydrogens (tertiary/aromatic N) is 2. The van der Waals surface area contributed by atoms with Gasteiger partial charge in [0.2, 0.25) is 5.91 Å². The molecule has 0 fully saturated rings. The van der Waals surface area contributed by atoms with E-state index in [4.69, 9.17) is 0 Å². The smallest absolute Gasteiger partial charge is 0.345 e. The van der Waals surface area contributed by atoms with Crippen LogP contribution in [-0.2, 0) is 4.79 Å². The van der Waals surface area contributed by atoms with Crippen LogP contribution in [0.15, 0.2) is 6.20 Å². The Kier molecular flexibility index (Phi) is 4.23. The van der Waals surface area contributed by atoms with Gasteiger partial charge >= 0.3 is 5.00 Å². The number of amides is 1. The van der Waals surface area contributed by atoms with E-state index in [0.29, 0.717) is 5.13 Å². The molecule has 1 aromatic rings. The highest BCUT2D eigenvalue weighted by Gasteiger charge is 2.20. The summed E-state index contributed by atoms with van der Waals surface area (Å²) in [6, 6.07) is -0.505. The number of thiazole rings is 1. The molecule has 2 N–H and O–H groups in total. The standard InChI is InChI=1S/C10H16N4O3S/c1-6(8(15)13-10(2,3)4)12-9-11-5-7(18-9)14(16)17/h5-6H,1-4H3,(H,11,12)(H,13,15). The normalized spacial score (nSPS) is 12.9. The number of hydrogen-bond acceptors (Lipinski definition) is 6. The van der Waals surface area contributed by atoms with Gasteiger partial charge in [0.05, 0.1) is 4.92 Å². The number of aromatic nitrogens is 1. The molecule has 18 heavy (non-hydrogen) atoms. The summed E-state index contributed by atoms with van der Waals surface area (Å²) in [7, 11) is 0. The first-order chi connectivity index (χ1) is 8.19. The van der Waals surface area contributed by atoms with Gasteiger partial charge in [0.25, 0.3) is 0 Å². The molecule has 0 saturated carbocycles. The highest BCUT2D eigenvalue weighted by molar-refractivity contribution is 7.18. The molecule has 7 nitrogen and oxygen atoms in total. The summed E-state index contributed by atoms with van der Waals surface area (Å²) < 4.78 is 0. The third-order valence-corrected chi connectivity index (χ3v) is 2.79. The molecule has 0 aromatic carbocycles. The fourth-order valence-electron chi connectivity index (χ4n) is 1.15. The largest absolute Gasteiger partial charge is 0.350 e. The van der Waals surface area contributed by atoms with Crippen molar-refractivity contribution in [2.45, 2.75) is 39.3 Å². The molecule has 0 aliphatic carbocycles. The van der Waals surface area contributed by atoms with Crippen LogP contribution in [0.5, 0.6) is 0 Å². The van der Waals surface area contributed by atoms with Crippen LogP contribution in [0.4, 0.5) is 10.1 Å². The van der Waals surface area contributed by atoms with E-state index in [-0.39, 0.29) is 16.4 Å². The topological polar surface area (TPSA) is 97.2 Å². The van der Waals surface area contributed by atoms with E-state index in [1.807, 2.05) is 20.8 Å². The van der Waals surface area contributed by atoms with E-state index < -0.39 is 11.0 Å². The lowest BCUT2D eigenvalue weighted by Gasteiger charge is -2.23. The van der Waals surface area contributed by atoms with Gasteiger partial charge in [0.1, 0.15) is 12.2 Å². The molecule has 1 atom stereocenters. The zero-order chi connectivity index (χ0) is 13.9. The lowest BCUT2D eigenvalue weighted by Crippen LogP contribution is -2.47. The fraction of sp³-hybridized carbons (Fsp3) is 0.600. The van der Waals surface area contributed by atoms with Gasteiger partial charge in [-0.25, -0.2) is 4.98 Å². The van der Waals surface area contributed by atoms with Gasteiger partial charge in [-0.2, -0.15) is 0 Å². The number of hydrogen-bond donors (Lipinski definition) is 2. The Morgan fingerprint density at radius 1 is 1.56 bits per heavy atom. The number of nitro groups is 1. The van der Waals surface area contributed by atoms with E-state index in [1.165, 1.54) is 6.20 Å². The zero-order valence-electron chi connectivity index (χ0n) is 10.7. The molecule has 0 aliphatic rings. The SMILES string of the molecule is CC(Nc1ncc([N+](=O)[O-])s1)C(=O)NC(C)(C)C. The summed E-state index contributed by atoms with van der Waals surface area (Å²) in [5, 5.41) is 16.4. The molecule has 1 unspecified atom stereocenters. The second-order valence-electron chi connectivity index (χ2n) is 4.87. The molecule has 0 bridgehead atoms. The average Bonchev–Trinajstić information content (AvgIpc) is 2.63. The second-order valence-corrected chi connectivity index (χ2v) is 5.88. The lowest BCUT2D eigenvalue weighted by atomic mass is 10.1. The van der Waals surface area contributed by atoms with Crippen molar-refractivity contribution in [2.75, 3.05) is 5.32 Å². The third-order valence-electron chi connectivity index (χ3n) is 1.90. The highest BCUT2D eigenvalue weighted by atomic mass is 32.1. The van der Waals surface area contributed by atoms with Crippen LogP contribution in [0.2, 0.25) is 0 Å². The molecule has 1 aromatic heterocycles. The molecule has 1 heterocycles. The molecular weight excluding hydrogens is 256 g/mol. The Morgan fingerprint density at radius 3 is 2.61 bits per heavy atom. The quantitative estimate of drug-likeness (QED) is 0.643. The first kappa shape index (κ1) is 14.4. The Balaban J connectivity index is 2.61. The van der Waals surface area contributed by atoms with Gasteiger partial charge in [-0.15, -0.1) is 0 Å². The van der Waals surface area contributed by atoms with Gasteiger partial charge in [0.15, 0.2) is 5.13 Å². The third kappa shape index (κ3) is 4.28. The molecule has 1 amide bonds. The molecule has 8 heteroatoms. The van der Waals surface area contributed by atoms with Crippen LogP contribution in [0.3, 0.4) is 0 Å². The van der Waals surface area contributed by atoms with Crippen LogP contribution >= 0.6 is 11.3 Å². The van der Waals surface area contributed by atoms with Gasteiger partial charge in [-0.3, -0.25) is 14.9 Å². The molecule has 0 saturated heterocycles. The van der Waals surface area contributed by atoms with Crippen LogP contribution in [0.25, 0.3) is 0 Å². The Hall–Kier alpha value is -1.70. The number of carbonyl (C=O) groups excluding carboxylic acids is 1. The Morgan fingerprint density at radius 2 is 2.17 bits per heavy atom. The molecule has 0 aliphatic heterocycles. The first-order valence-electron chi connectivity index (χ1n) is 5.38. The first-order valence-corrected chi connectivity index (χ1v) is 6.19.